The summed E-state index contributed by atoms with van der Waals surface area (Å²) in [6.07, 6.45) is 3.34. The second kappa shape index (κ2) is 3.83. The van der Waals surface area contributed by atoms with E-state index in [1.54, 1.807) is 19.1 Å². The van der Waals surface area contributed by atoms with Gasteiger partial charge in [0.15, 0.2) is 11.5 Å². The van der Waals surface area contributed by atoms with E-state index in [1.165, 1.54) is 12.1 Å². The van der Waals surface area contributed by atoms with Crippen molar-refractivity contribution in [1.29, 1.82) is 0 Å². The first-order valence-electron chi connectivity index (χ1n) is 3.98. The van der Waals surface area contributed by atoms with Gasteiger partial charge in [-0.1, -0.05) is 12.2 Å². The maximum Gasteiger partial charge on any atom is 0.339 e. The Balaban J connectivity index is 3.35. The molecule has 0 atom stereocenters. The predicted octanol–water partition coefficient (Wildman–Crippen LogP) is 1.83. The van der Waals surface area contributed by atoms with Crippen LogP contribution >= 0.6 is 0 Å². The summed E-state index contributed by atoms with van der Waals surface area (Å²) < 4.78 is 0. The SMILES string of the molecule is CC=Cc1cc(O)c(O)c(C(=O)O)c1. The van der Waals surface area contributed by atoms with Crippen LogP contribution in [0.4, 0.5) is 0 Å². The summed E-state index contributed by atoms with van der Waals surface area (Å²) in [7, 11) is 0. The topological polar surface area (TPSA) is 77.8 Å². The summed E-state index contributed by atoms with van der Waals surface area (Å²) in [4.78, 5) is 10.6. The third-order valence-corrected chi connectivity index (χ3v) is 1.70. The Kier molecular flexibility index (Phi) is 2.76. The molecule has 3 N–H and O–H groups in total. The third-order valence-electron chi connectivity index (χ3n) is 1.70. The number of aromatic hydroxyl groups is 2. The quantitative estimate of drug-likeness (QED) is 0.627. The fraction of sp³-hybridized carbons (Fsp3) is 0.100. The standard InChI is InChI=1S/C10H10O4/c1-2-3-6-4-7(10(13)14)9(12)8(11)5-6/h2-5,11-12H,1H3,(H,13,14). The van der Waals surface area contributed by atoms with Gasteiger partial charge in [0.25, 0.3) is 0 Å². The second-order valence-corrected chi connectivity index (χ2v) is 2.74. The zero-order valence-electron chi connectivity index (χ0n) is 7.56. The molecule has 0 unspecified atom stereocenters. The Labute approximate surface area is 80.7 Å². The number of hydrogen-bond acceptors (Lipinski definition) is 3. The van der Waals surface area contributed by atoms with Crippen LogP contribution in [0.2, 0.25) is 0 Å². The zero-order chi connectivity index (χ0) is 10.7. The number of benzene rings is 1. The second-order valence-electron chi connectivity index (χ2n) is 2.74. The van der Waals surface area contributed by atoms with Crippen LogP contribution in [0.3, 0.4) is 0 Å². The van der Waals surface area contributed by atoms with Gasteiger partial charge in [0.05, 0.1) is 0 Å². The molecule has 0 fully saturated rings. The molecule has 4 nitrogen and oxygen atoms in total. The number of carboxylic acid groups (broad SMARTS) is 1. The Morgan fingerprint density at radius 2 is 2.00 bits per heavy atom. The Hall–Kier alpha value is -1.97. The van der Waals surface area contributed by atoms with Crippen LogP contribution in [0, 0.1) is 0 Å². The van der Waals surface area contributed by atoms with Crippen LogP contribution in [0.15, 0.2) is 18.2 Å². The first-order valence-corrected chi connectivity index (χ1v) is 3.98. The van der Waals surface area contributed by atoms with Crippen molar-refractivity contribution in [2.45, 2.75) is 6.92 Å². The van der Waals surface area contributed by atoms with Crippen LogP contribution in [0.1, 0.15) is 22.8 Å². The molecule has 0 heterocycles. The van der Waals surface area contributed by atoms with Gasteiger partial charge in [0.2, 0.25) is 0 Å². The highest BCUT2D eigenvalue weighted by Crippen LogP contribution is 2.30. The average Bonchev–Trinajstić information content (AvgIpc) is 2.11. The number of allylic oxidation sites excluding steroid dienone is 1. The lowest BCUT2D eigenvalue weighted by Crippen LogP contribution is -1.97. The molecule has 0 radical (unpaired) electrons. The molecular formula is C10H10O4. The van der Waals surface area contributed by atoms with Crippen LogP contribution in [0.5, 0.6) is 11.5 Å². The monoisotopic (exact) mass is 194 g/mol. The molecule has 1 aromatic rings. The summed E-state index contributed by atoms with van der Waals surface area (Å²) in [6, 6.07) is 2.58. The smallest absolute Gasteiger partial charge is 0.339 e. The maximum absolute atomic E-state index is 10.6. The first kappa shape index (κ1) is 10.1. The van der Waals surface area contributed by atoms with E-state index in [-0.39, 0.29) is 5.56 Å². The third kappa shape index (κ3) is 1.85. The van der Waals surface area contributed by atoms with E-state index < -0.39 is 17.5 Å². The lowest BCUT2D eigenvalue weighted by molar-refractivity contribution is 0.0693. The summed E-state index contributed by atoms with van der Waals surface area (Å²) >= 11 is 0. The maximum atomic E-state index is 10.6. The van der Waals surface area contributed by atoms with Gasteiger partial charge in [-0.3, -0.25) is 0 Å². The summed E-state index contributed by atoms with van der Waals surface area (Å²) in [5.74, 6) is -2.31. The predicted molar refractivity (Wildman–Crippen MR) is 51.4 cm³/mol. The number of carbonyl (C=O) groups is 1. The molecule has 0 aliphatic heterocycles. The molecule has 0 saturated carbocycles. The normalized spacial score (nSPS) is 10.6. The molecule has 0 spiro atoms. The van der Waals surface area contributed by atoms with Gasteiger partial charge < -0.3 is 15.3 Å². The minimum absolute atomic E-state index is 0.307. The molecule has 14 heavy (non-hydrogen) atoms. The molecule has 0 saturated heterocycles. The van der Waals surface area contributed by atoms with Gasteiger partial charge in [-0.2, -0.15) is 0 Å². The van der Waals surface area contributed by atoms with Crippen molar-refractivity contribution >= 4 is 12.0 Å². The minimum atomic E-state index is -1.27. The lowest BCUT2D eigenvalue weighted by Gasteiger charge is -2.03. The number of phenols is 2. The van der Waals surface area contributed by atoms with Crippen molar-refractivity contribution in [2.24, 2.45) is 0 Å². The Morgan fingerprint density at radius 3 is 2.50 bits per heavy atom. The number of aromatic carboxylic acids is 1. The highest BCUT2D eigenvalue weighted by atomic mass is 16.4. The number of carboxylic acids is 1. The minimum Gasteiger partial charge on any atom is -0.504 e. The zero-order valence-corrected chi connectivity index (χ0v) is 7.56. The van der Waals surface area contributed by atoms with E-state index >= 15 is 0 Å². The fourth-order valence-corrected chi connectivity index (χ4v) is 1.09. The van der Waals surface area contributed by atoms with Crippen molar-refractivity contribution < 1.29 is 20.1 Å². The molecule has 0 aromatic heterocycles. The van der Waals surface area contributed by atoms with Crippen LogP contribution in [-0.2, 0) is 0 Å². The summed E-state index contributed by atoms with van der Waals surface area (Å²) in [5, 5.41) is 27.1. The summed E-state index contributed by atoms with van der Waals surface area (Å²) in [6.45, 7) is 1.77. The largest absolute Gasteiger partial charge is 0.504 e. The van der Waals surface area contributed by atoms with E-state index in [9.17, 15) is 15.0 Å². The number of rotatable bonds is 2. The van der Waals surface area contributed by atoms with Crippen LogP contribution < -0.4 is 0 Å². The van der Waals surface area contributed by atoms with Crippen molar-refractivity contribution in [2.75, 3.05) is 0 Å². The van der Waals surface area contributed by atoms with Gasteiger partial charge in [-0.25, -0.2) is 4.79 Å². The molecule has 1 rings (SSSR count). The van der Waals surface area contributed by atoms with Crippen LogP contribution in [0.25, 0.3) is 6.08 Å². The number of phenolic OH excluding ortho intramolecular Hbond substituents is 1. The van der Waals surface area contributed by atoms with E-state index in [1.807, 2.05) is 0 Å². The van der Waals surface area contributed by atoms with E-state index in [0.717, 1.165) is 0 Å². The van der Waals surface area contributed by atoms with E-state index in [0.29, 0.717) is 5.56 Å². The molecule has 4 heteroatoms. The first-order chi connectivity index (χ1) is 6.56. The molecule has 0 amide bonds. The Bertz CT molecular complexity index is 393. The van der Waals surface area contributed by atoms with Gasteiger partial charge in [0.1, 0.15) is 5.56 Å². The molecule has 1 aromatic carbocycles. The Morgan fingerprint density at radius 1 is 1.36 bits per heavy atom. The van der Waals surface area contributed by atoms with Crippen molar-refractivity contribution in [3.05, 3.63) is 29.3 Å². The van der Waals surface area contributed by atoms with Gasteiger partial charge in [-0.15, -0.1) is 0 Å². The molecular weight excluding hydrogens is 184 g/mol. The van der Waals surface area contributed by atoms with Gasteiger partial charge in [0, 0.05) is 0 Å². The fourth-order valence-electron chi connectivity index (χ4n) is 1.09. The van der Waals surface area contributed by atoms with Gasteiger partial charge in [-0.05, 0) is 24.6 Å². The van der Waals surface area contributed by atoms with E-state index in [4.69, 9.17) is 5.11 Å². The lowest BCUT2D eigenvalue weighted by atomic mass is 10.1. The molecule has 0 aliphatic carbocycles. The van der Waals surface area contributed by atoms with Crippen LogP contribution in [-0.4, -0.2) is 21.3 Å². The molecule has 0 aliphatic rings. The summed E-state index contributed by atoms with van der Waals surface area (Å²) in [5.41, 5.74) is 0.221. The number of hydrogen-bond donors (Lipinski definition) is 3. The highest BCUT2D eigenvalue weighted by Gasteiger charge is 2.13. The van der Waals surface area contributed by atoms with Crippen molar-refractivity contribution in [1.82, 2.24) is 0 Å². The van der Waals surface area contributed by atoms with E-state index in [2.05, 4.69) is 0 Å². The average molecular weight is 194 g/mol. The van der Waals surface area contributed by atoms with Gasteiger partial charge >= 0.3 is 5.97 Å². The van der Waals surface area contributed by atoms with Crippen molar-refractivity contribution in [3.63, 3.8) is 0 Å². The van der Waals surface area contributed by atoms with Crippen molar-refractivity contribution in [3.8, 4) is 11.5 Å². The highest BCUT2D eigenvalue weighted by molar-refractivity contribution is 5.92. The molecule has 0 bridgehead atoms. The molecule has 74 valence electrons.